The molecular weight excluding hydrogens is 500 g/mol. The maximum atomic E-state index is 13.9. The molecule has 0 bridgehead atoms. The molecule has 39 heavy (non-hydrogen) atoms. The summed E-state index contributed by atoms with van der Waals surface area (Å²) in [5.41, 5.74) is 1.34. The van der Waals surface area contributed by atoms with Crippen LogP contribution in [0.5, 0.6) is 11.5 Å². The minimum atomic E-state index is -1.12. The van der Waals surface area contributed by atoms with Crippen LogP contribution in [0, 0.1) is 13.8 Å². The number of amides is 3. The molecule has 1 aromatic heterocycles. The first kappa shape index (κ1) is 29.2. The van der Waals surface area contributed by atoms with Crippen molar-refractivity contribution in [1.82, 2.24) is 10.5 Å². The van der Waals surface area contributed by atoms with Crippen LogP contribution in [0.1, 0.15) is 56.5 Å². The minimum Gasteiger partial charge on any atom is -0.493 e. The highest BCUT2D eigenvalue weighted by Gasteiger charge is 2.37. The van der Waals surface area contributed by atoms with Gasteiger partial charge >= 0.3 is 0 Å². The molecule has 2 N–H and O–H groups in total. The molecule has 0 aliphatic rings. The van der Waals surface area contributed by atoms with E-state index in [0.717, 1.165) is 5.56 Å². The number of aryl methyl sites for hydroxylation is 2. The van der Waals surface area contributed by atoms with Crippen molar-refractivity contribution < 1.29 is 28.4 Å². The summed E-state index contributed by atoms with van der Waals surface area (Å²) in [6.07, 6.45) is -0.294. The van der Waals surface area contributed by atoms with Gasteiger partial charge in [0.15, 0.2) is 17.3 Å². The standard InChI is InChI=1S/C29H36N4O6/c1-18-11-13-20(14-12-18)33(25(35)16-15-24(34)30-23-17-19(2)39-32-23)26(28(36)31-29(3,4)5)21-9-8-10-22(37-6)27(21)38-7/h8-14,17,26H,15-16H2,1-7H3,(H,31,36)(H,30,32,34)/t26-/m0/s1. The molecule has 0 radical (unpaired) electrons. The summed E-state index contributed by atoms with van der Waals surface area (Å²) in [4.78, 5) is 41.8. The van der Waals surface area contributed by atoms with Crippen LogP contribution in [0.2, 0.25) is 0 Å². The monoisotopic (exact) mass is 536 g/mol. The maximum absolute atomic E-state index is 13.9. The van der Waals surface area contributed by atoms with E-state index in [4.69, 9.17) is 14.0 Å². The zero-order valence-electron chi connectivity index (χ0n) is 23.5. The summed E-state index contributed by atoms with van der Waals surface area (Å²) in [7, 11) is 2.98. The van der Waals surface area contributed by atoms with Crippen molar-refractivity contribution in [3.8, 4) is 11.5 Å². The molecule has 10 heteroatoms. The van der Waals surface area contributed by atoms with E-state index < -0.39 is 29.3 Å². The van der Waals surface area contributed by atoms with E-state index in [1.54, 1.807) is 43.3 Å². The molecule has 0 spiro atoms. The van der Waals surface area contributed by atoms with E-state index in [-0.39, 0.29) is 18.7 Å². The molecule has 0 unspecified atom stereocenters. The lowest BCUT2D eigenvalue weighted by atomic mass is 9.98. The molecule has 0 saturated heterocycles. The van der Waals surface area contributed by atoms with Crippen LogP contribution in [0.15, 0.2) is 53.1 Å². The van der Waals surface area contributed by atoms with Gasteiger partial charge in [-0.15, -0.1) is 0 Å². The fraction of sp³-hybridized carbons (Fsp3) is 0.379. The van der Waals surface area contributed by atoms with Crippen LogP contribution in [-0.2, 0) is 14.4 Å². The Morgan fingerprint density at radius 3 is 2.26 bits per heavy atom. The van der Waals surface area contributed by atoms with Crippen molar-refractivity contribution in [3.05, 3.63) is 65.4 Å². The van der Waals surface area contributed by atoms with Gasteiger partial charge in [-0.05, 0) is 52.8 Å². The topological polar surface area (TPSA) is 123 Å². The van der Waals surface area contributed by atoms with Crippen LogP contribution in [-0.4, -0.2) is 42.6 Å². The van der Waals surface area contributed by atoms with Crippen LogP contribution >= 0.6 is 0 Å². The first-order valence-electron chi connectivity index (χ1n) is 12.6. The first-order valence-corrected chi connectivity index (χ1v) is 12.6. The Hall–Kier alpha value is -4.34. The van der Waals surface area contributed by atoms with Gasteiger partial charge in [0.1, 0.15) is 11.8 Å². The predicted molar refractivity (Wildman–Crippen MR) is 148 cm³/mol. The number of anilines is 2. The number of aromatic nitrogens is 1. The van der Waals surface area contributed by atoms with Crippen molar-refractivity contribution in [1.29, 1.82) is 0 Å². The number of rotatable bonds is 10. The first-order chi connectivity index (χ1) is 18.4. The van der Waals surface area contributed by atoms with Gasteiger partial charge in [0, 0.05) is 35.7 Å². The Bertz CT molecular complexity index is 1310. The molecule has 2 aromatic carbocycles. The fourth-order valence-corrected chi connectivity index (χ4v) is 4.08. The summed E-state index contributed by atoms with van der Waals surface area (Å²) < 4.78 is 16.1. The van der Waals surface area contributed by atoms with Crippen molar-refractivity contribution in [2.24, 2.45) is 0 Å². The third-order valence-electron chi connectivity index (χ3n) is 5.77. The number of carbonyl (C=O) groups excluding carboxylic acids is 3. The maximum Gasteiger partial charge on any atom is 0.248 e. The van der Waals surface area contributed by atoms with Gasteiger partial charge in [0.25, 0.3) is 0 Å². The van der Waals surface area contributed by atoms with Gasteiger partial charge in [-0.2, -0.15) is 0 Å². The normalized spacial score (nSPS) is 11.9. The second-order valence-electron chi connectivity index (χ2n) is 10.2. The molecule has 0 saturated carbocycles. The van der Waals surface area contributed by atoms with E-state index >= 15 is 0 Å². The molecule has 208 valence electrons. The van der Waals surface area contributed by atoms with Crippen LogP contribution in [0.3, 0.4) is 0 Å². The van der Waals surface area contributed by atoms with Gasteiger partial charge in [-0.25, -0.2) is 0 Å². The summed E-state index contributed by atoms with van der Waals surface area (Å²) in [5.74, 6) is 0.320. The van der Waals surface area contributed by atoms with E-state index in [2.05, 4.69) is 15.8 Å². The predicted octanol–water partition coefficient (Wildman–Crippen LogP) is 4.72. The molecule has 1 heterocycles. The number of methoxy groups -OCH3 is 2. The molecule has 0 aliphatic carbocycles. The molecule has 1 atom stereocenters. The number of hydrogen-bond acceptors (Lipinski definition) is 7. The Kier molecular flexibility index (Phi) is 9.34. The summed E-state index contributed by atoms with van der Waals surface area (Å²) in [6.45, 7) is 9.22. The number of para-hydroxylation sites is 1. The van der Waals surface area contributed by atoms with Gasteiger partial charge in [-0.1, -0.05) is 35.0 Å². The zero-order chi connectivity index (χ0) is 28.7. The Morgan fingerprint density at radius 2 is 1.69 bits per heavy atom. The smallest absolute Gasteiger partial charge is 0.248 e. The van der Waals surface area contributed by atoms with Crippen molar-refractivity contribution in [2.75, 3.05) is 24.4 Å². The molecular formula is C29H36N4O6. The largest absolute Gasteiger partial charge is 0.493 e. The van der Waals surface area contributed by atoms with Crippen molar-refractivity contribution in [3.63, 3.8) is 0 Å². The summed E-state index contributed by atoms with van der Waals surface area (Å²) >= 11 is 0. The zero-order valence-corrected chi connectivity index (χ0v) is 23.5. The van der Waals surface area contributed by atoms with Crippen molar-refractivity contribution >= 4 is 29.2 Å². The lowest BCUT2D eigenvalue weighted by Gasteiger charge is -2.34. The van der Waals surface area contributed by atoms with E-state index in [1.165, 1.54) is 19.1 Å². The second-order valence-corrected chi connectivity index (χ2v) is 10.2. The molecule has 3 aromatic rings. The van der Waals surface area contributed by atoms with Crippen molar-refractivity contribution in [2.45, 2.75) is 59.0 Å². The third kappa shape index (κ3) is 7.59. The second kappa shape index (κ2) is 12.5. The number of nitrogens with one attached hydrogen (secondary N) is 2. The van der Waals surface area contributed by atoms with Gasteiger partial charge in [0.2, 0.25) is 17.7 Å². The molecule has 0 fully saturated rings. The number of hydrogen-bond donors (Lipinski definition) is 2. The highest BCUT2D eigenvalue weighted by atomic mass is 16.5. The van der Waals surface area contributed by atoms with E-state index in [0.29, 0.717) is 28.5 Å². The third-order valence-corrected chi connectivity index (χ3v) is 5.77. The minimum absolute atomic E-state index is 0.129. The lowest BCUT2D eigenvalue weighted by molar-refractivity contribution is -0.128. The highest BCUT2D eigenvalue weighted by Crippen LogP contribution is 2.39. The Balaban J connectivity index is 2.05. The quantitative estimate of drug-likeness (QED) is 0.384. The molecule has 3 rings (SSSR count). The fourth-order valence-electron chi connectivity index (χ4n) is 4.08. The average molecular weight is 537 g/mol. The molecule has 10 nitrogen and oxygen atoms in total. The summed E-state index contributed by atoms with van der Waals surface area (Å²) in [5, 5.41) is 9.37. The van der Waals surface area contributed by atoms with E-state index in [9.17, 15) is 14.4 Å². The Labute approximate surface area is 228 Å². The van der Waals surface area contributed by atoms with Gasteiger partial charge in [0.05, 0.1) is 14.2 Å². The summed E-state index contributed by atoms with van der Waals surface area (Å²) in [6, 6.07) is 12.9. The van der Waals surface area contributed by atoms with E-state index in [1.807, 2.05) is 39.8 Å². The average Bonchev–Trinajstić information content (AvgIpc) is 3.29. The number of ether oxygens (including phenoxy) is 2. The molecule has 0 aliphatic heterocycles. The number of benzene rings is 2. The van der Waals surface area contributed by atoms with Gasteiger partial charge < -0.3 is 24.6 Å². The highest BCUT2D eigenvalue weighted by molar-refractivity contribution is 6.03. The molecule has 3 amide bonds. The number of nitrogens with zero attached hydrogens (tertiary/aromatic N) is 2. The van der Waals surface area contributed by atoms with Gasteiger partial charge in [-0.3, -0.25) is 19.3 Å². The Morgan fingerprint density at radius 1 is 1.00 bits per heavy atom. The SMILES string of the molecule is COc1cccc([C@@H](C(=O)NC(C)(C)C)N(C(=O)CCC(=O)Nc2cc(C)on2)c2ccc(C)cc2)c1OC. The lowest BCUT2D eigenvalue weighted by Crippen LogP contribution is -2.49. The number of carbonyl (C=O) groups is 3. The van der Waals surface area contributed by atoms with Crippen LogP contribution in [0.25, 0.3) is 0 Å². The van der Waals surface area contributed by atoms with Crippen LogP contribution < -0.4 is 25.0 Å². The van der Waals surface area contributed by atoms with Crippen LogP contribution in [0.4, 0.5) is 11.5 Å².